The van der Waals surface area contributed by atoms with Crippen LogP contribution in [0, 0.1) is 16.7 Å². The van der Waals surface area contributed by atoms with E-state index in [-0.39, 0.29) is 28.6 Å². The molecule has 0 aliphatic carbocycles. The van der Waals surface area contributed by atoms with E-state index in [4.69, 9.17) is 0 Å². The largest absolute Gasteiger partial charge is 0.373 e. The highest BCUT2D eigenvalue weighted by Crippen LogP contribution is 2.37. The van der Waals surface area contributed by atoms with E-state index >= 15 is 0 Å². The predicted molar refractivity (Wildman–Crippen MR) is 91.6 cm³/mol. The number of amides is 2. The van der Waals surface area contributed by atoms with E-state index in [9.17, 15) is 14.7 Å². The van der Waals surface area contributed by atoms with Gasteiger partial charge in [-0.25, -0.2) is 0 Å². The van der Waals surface area contributed by atoms with Gasteiger partial charge in [-0.05, 0) is 23.7 Å². The van der Waals surface area contributed by atoms with Crippen molar-refractivity contribution < 1.29 is 14.7 Å². The van der Waals surface area contributed by atoms with Crippen LogP contribution < -0.4 is 5.32 Å². The molecule has 0 bridgehead atoms. The number of carbonyl (C=O) groups is 2. The molecule has 1 rings (SSSR count). The number of likely N-dealkylation sites (tertiary alicyclic amines) is 1. The number of carbonyl (C=O) groups excluding carboxylic acids is 2. The molecular formula is C18H34N2O3. The fourth-order valence-corrected chi connectivity index (χ4v) is 2.84. The van der Waals surface area contributed by atoms with Gasteiger partial charge in [0, 0.05) is 31.8 Å². The zero-order valence-corrected chi connectivity index (χ0v) is 15.6. The van der Waals surface area contributed by atoms with E-state index in [2.05, 4.69) is 26.1 Å². The maximum atomic E-state index is 12.4. The lowest BCUT2D eigenvalue weighted by atomic mass is 9.80. The van der Waals surface area contributed by atoms with Gasteiger partial charge >= 0.3 is 0 Å². The first kappa shape index (κ1) is 19.9. The Morgan fingerprint density at radius 3 is 2.35 bits per heavy atom. The van der Waals surface area contributed by atoms with E-state index in [0.29, 0.717) is 32.4 Å². The number of aliphatic hydroxyl groups is 1. The van der Waals surface area contributed by atoms with Gasteiger partial charge in [-0.15, -0.1) is 0 Å². The predicted octanol–water partition coefficient (Wildman–Crippen LogP) is 2.53. The summed E-state index contributed by atoms with van der Waals surface area (Å²) in [6.07, 6.45) is 1.69. The molecule has 2 amide bonds. The lowest BCUT2D eigenvalue weighted by Gasteiger charge is -2.25. The summed E-state index contributed by atoms with van der Waals surface area (Å²) in [5.74, 6) is -0.112. The summed E-state index contributed by atoms with van der Waals surface area (Å²) in [4.78, 5) is 25.7. The molecule has 1 heterocycles. The number of hydrogen-bond donors (Lipinski definition) is 2. The fraction of sp³-hybridized carbons (Fsp3) is 0.889. The Kier molecular flexibility index (Phi) is 6.63. The van der Waals surface area contributed by atoms with Gasteiger partial charge in [-0.1, -0.05) is 41.5 Å². The first-order chi connectivity index (χ1) is 10.4. The van der Waals surface area contributed by atoms with Gasteiger partial charge in [-0.2, -0.15) is 0 Å². The molecule has 1 aliphatic heterocycles. The molecule has 1 aliphatic rings. The van der Waals surface area contributed by atoms with Crippen molar-refractivity contribution in [3.8, 4) is 0 Å². The summed E-state index contributed by atoms with van der Waals surface area (Å²) in [6.45, 7) is 13.6. The average Bonchev–Trinajstić information content (AvgIpc) is 2.64. The second-order valence-electron chi connectivity index (χ2n) is 8.93. The smallest absolute Gasteiger partial charge is 0.228 e. The van der Waals surface area contributed by atoms with E-state index in [0.717, 1.165) is 6.42 Å². The van der Waals surface area contributed by atoms with Crippen LogP contribution in [-0.2, 0) is 9.59 Å². The van der Waals surface area contributed by atoms with Crippen LogP contribution in [0.4, 0.5) is 0 Å². The van der Waals surface area contributed by atoms with Crippen LogP contribution in [0.15, 0.2) is 0 Å². The molecule has 1 fully saturated rings. The molecule has 0 radical (unpaired) electrons. The zero-order valence-electron chi connectivity index (χ0n) is 15.6. The SMILES string of the molecule is CC(C)(C)CCNC(=O)CCCN1C(=O)C(C(C)(C)C)CC1O. The van der Waals surface area contributed by atoms with Crippen molar-refractivity contribution in [2.24, 2.45) is 16.7 Å². The second kappa shape index (κ2) is 7.65. The molecule has 0 spiro atoms. The molecular weight excluding hydrogens is 292 g/mol. The van der Waals surface area contributed by atoms with Crippen molar-refractivity contribution in [1.82, 2.24) is 10.2 Å². The van der Waals surface area contributed by atoms with Crippen molar-refractivity contribution in [3.63, 3.8) is 0 Å². The summed E-state index contributed by atoms with van der Waals surface area (Å²) < 4.78 is 0. The van der Waals surface area contributed by atoms with Gasteiger partial charge in [0.1, 0.15) is 6.23 Å². The summed E-state index contributed by atoms with van der Waals surface area (Å²) in [5, 5.41) is 13.0. The minimum atomic E-state index is -0.712. The molecule has 2 unspecified atom stereocenters. The summed E-state index contributed by atoms with van der Waals surface area (Å²) in [7, 11) is 0. The van der Waals surface area contributed by atoms with Crippen LogP contribution in [0.2, 0.25) is 0 Å². The lowest BCUT2D eigenvalue weighted by molar-refractivity contribution is -0.138. The number of rotatable bonds is 6. The van der Waals surface area contributed by atoms with Crippen molar-refractivity contribution >= 4 is 11.8 Å². The molecule has 2 atom stereocenters. The summed E-state index contributed by atoms with van der Waals surface area (Å²) in [6, 6.07) is 0. The van der Waals surface area contributed by atoms with E-state index in [1.54, 1.807) is 0 Å². The second-order valence-corrected chi connectivity index (χ2v) is 8.93. The highest BCUT2D eigenvalue weighted by Gasteiger charge is 2.43. The first-order valence-corrected chi connectivity index (χ1v) is 8.67. The average molecular weight is 326 g/mol. The van der Waals surface area contributed by atoms with Crippen LogP contribution in [0.1, 0.15) is 67.2 Å². The van der Waals surface area contributed by atoms with E-state index < -0.39 is 6.23 Å². The molecule has 0 aromatic carbocycles. The van der Waals surface area contributed by atoms with Gasteiger partial charge in [-0.3, -0.25) is 9.59 Å². The Balaban J connectivity index is 2.33. The van der Waals surface area contributed by atoms with Crippen molar-refractivity contribution in [2.45, 2.75) is 73.5 Å². The highest BCUT2D eigenvalue weighted by atomic mass is 16.3. The van der Waals surface area contributed by atoms with Gasteiger partial charge in [0.25, 0.3) is 0 Å². The normalized spacial score (nSPS) is 22.6. The molecule has 134 valence electrons. The van der Waals surface area contributed by atoms with Gasteiger partial charge in [0.2, 0.25) is 11.8 Å². The quantitative estimate of drug-likeness (QED) is 0.788. The maximum absolute atomic E-state index is 12.4. The third-order valence-corrected chi connectivity index (χ3v) is 4.43. The molecule has 5 nitrogen and oxygen atoms in total. The van der Waals surface area contributed by atoms with Crippen LogP contribution in [0.25, 0.3) is 0 Å². The Morgan fingerprint density at radius 2 is 1.87 bits per heavy atom. The third-order valence-electron chi connectivity index (χ3n) is 4.43. The molecule has 0 aromatic rings. The van der Waals surface area contributed by atoms with Gasteiger partial charge in [0.05, 0.1) is 0 Å². The van der Waals surface area contributed by atoms with Crippen LogP contribution in [0.3, 0.4) is 0 Å². The van der Waals surface area contributed by atoms with Gasteiger partial charge in [0.15, 0.2) is 0 Å². The van der Waals surface area contributed by atoms with Crippen LogP contribution in [0.5, 0.6) is 0 Å². The zero-order chi connectivity index (χ0) is 17.8. The maximum Gasteiger partial charge on any atom is 0.228 e. The molecule has 0 saturated carbocycles. The van der Waals surface area contributed by atoms with Crippen LogP contribution in [-0.4, -0.2) is 41.1 Å². The molecule has 23 heavy (non-hydrogen) atoms. The summed E-state index contributed by atoms with van der Waals surface area (Å²) >= 11 is 0. The third kappa shape index (κ3) is 6.50. The van der Waals surface area contributed by atoms with Crippen molar-refractivity contribution in [1.29, 1.82) is 0 Å². The molecule has 0 aromatic heterocycles. The van der Waals surface area contributed by atoms with E-state index in [1.165, 1.54) is 4.90 Å². The molecule has 2 N–H and O–H groups in total. The number of nitrogens with zero attached hydrogens (tertiary/aromatic N) is 1. The molecule has 1 saturated heterocycles. The van der Waals surface area contributed by atoms with Gasteiger partial charge < -0.3 is 15.3 Å². The summed E-state index contributed by atoms with van der Waals surface area (Å²) in [5.41, 5.74) is 0.0679. The van der Waals surface area contributed by atoms with E-state index in [1.807, 2.05) is 20.8 Å². The Morgan fingerprint density at radius 1 is 1.26 bits per heavy atom. The Bertz CT molecular complexity index is 421. The fourth-order valence-electron chi connectivity index (χ4n) is 2.84. The highest BCUT2D eigenvalue weighted by molar-refractivity contribution is 5.82. The minimum absolute atomic E-state index is 0.0122. The lowest BCUT2D eigenvalue weighted by Crippen LogP contribution is -2.37. The van der Waals surface area contributed by atoms with Crippen LogP contribution >= 0.6 is 0 Å². The topological polar surface area (TPSA) is 69.6 Å². The standard InChI is InChI=1S/C18H34N2O3/c1-17(2,3)9-10-19-14(21)8-7-11-20-15(22)12-13(16(20)23)18(4,5)6/h13,15,22H,7-12H2,1-6H3,(H,19,21). The Hall–Kier alpha value is -1.10. The van der Waals surface area contributed by atoms with Crippen molar-refractivity contribution in [2.75, 3.05) is 13.1 Å². The minimum Gasteiger partial charge on any atom is -0.373 e. The monoisotopic (exact) mass is 326 g/mol. The Labute approximate surface area is 140 Å². The van der Waals surface area contributed by atoms with Crippen molar-refractivity contribution in [3.05, 3.63) is 0 Å². The number of aliphatic hydroxyl groups excluding tert-OH is 1. The number of hydrogen-bond acceptors (Lipinski definition) is 3. The first-order valence-electron chi connectivity index (χ1n) is 8.67. The molecule has 5 heteroatoms. The number of nitrogens with one attached hydrogen (secondary N) is 1.